The van der Waals surface area contributed by atoms with Gasteiger partial charge in [0.1, 0.15) is 0 Å². The molecular weight excluding hydrogens is 246 g/mol. The van der Waals surface area contributed by atoms with Gasteiger partial charge in [-0.25, -0.2) is 0 Å². The van der Waals surface area contributed by atoms with Crippen LogP contribution in [0.3, 0.4) is 0 Å². The molecule has 0 atom stereocenters. The van der Waals surface area contributed by atoms with E-state index >= 15 is 0 Å². The maximum Gasteiger partial charge on any atom is 0.191 e. The molecule has 110 valence electrons. The molecule has 1 saturated heterocycles. The first-order valence-electron chi connectivity index (χ1n) is 7.78. The zero-order chi connectivity index (χ0) is 14.4. The molecule has 1 aliphatic rings. The van der Waals surface area contributed by atoms with Crippen LogP contribution in [0.15, 0.2) is 23.2 Å². The molecule has 3 nitrogen and oxygen atoms in total. The van der Waals surface area contributed by atoms with Crippen LogP contribution in [0.25, 0.3) is 0 Å². The number of aliphatic imine (C=N–C) groups is 1. The molecule has 1 heterocycles. The van der Waals surface area contributed by atoms with Crippen molar-refractivity contribution in [3.63, 3.8) is 0 Å². The van der Waals surface area contributed by atoms with Crippen molar-refractivity contribution in [1.82, 2.24) is 4.90 Å². The largest absolute Gasteiger partial charge is 0.370 e. The topological polar surface area (TPSA) is 41.6 Å². The molecule has 1 fully saturated rings. The summed E-state index contributed by atoms with van der Waals surface area (Å²) in [5.41, 5.74) is 10.2. The van der Waals surface area contributed by atoms with Crippen molar-refractivity contribution in [1.29, 1.82) is 0 Å². The Morgan fingerprint density at radius 2 is 1.85 bits per heavy atom. The highest BCUT2D eigenvalue weighted by atomic mass is 15.2. The van der Waals surface area contributed by atoms with Gasteiger partial charge >= 0.3 is 0 Å². The highest BCUT2D eigenvalue weighted by molar-refractivity contribution is 5.78. The van der Waals surface area contributed by atoms with Gasteiger partial charge < -0.3 is 10.6 Å². The van der Waals surface area contributed by atoms with E-state index in [0.29, 0.717) is 0 Å². The van der Waals surface area contributed by atoms with Crippen molar-refractivity contribution in [2.45, 2.75) is 46.0 Å². The Labute approximate surface area is 122 Å². The first kappa shape index (κ1) is 14.9. The van der Waals surface area contributed by atoms with Crippen molar-refractivity contribution in [2.75, 3.05) is 19.6 Å². The van der Waals surface area contributed by atoms with E-state index in [4.69, 9.17) is 5.73 Å². The molecule has 20 heavy (non-hydrogen) atoms. The molecular formula is C17H27N3. The minimum atomic E-state index is 0.733. The Bertz CT molecular complexity index is 457. The number of likely N-dealkylation sites (tertiary alicyclic amines) is 1. The maximum atomic E-state index is 6.12. The van der Waals surface area contributed by atoms with E-state index in [1.165, 1.54) is 42.4 Å². The Hall–Kier alpha value is -1.51. The van der Waals surface area contributed by atoms with Gasteiger partial charge in [-0.3, -0.25) is 4.99 Å². The van der Waals surface area contributed by atoms with Crippen LogP contribution in [0, 0.1) is 13.8 Å². The normalized spacial score (nSPS) is 17.1. The van der Waals surface area contributed by atoms with Crippen LogP contribution in [-0.2, 0) is 6.42 Å². The third kappa shape index (κ3) is 4.26. The number of rotatable bonds is 3. The van der Waals surface area contributed by atoms with Gasteiger partial charge in [0.15, 0.2) is 5.96 Å². The monoisotopic (exact) mass is 273 g/mol. The lowest BCUT2D eigenvalue weighted by Gasteiger charge is -2.21. The molecule has 0 unspecified atom stereocenters. The number of nitrogens with two attached hydrogens (primary N) is 1. The lowest BCUT2D eigenvalue weighted by molar-refractivity contribution is 0.428. The van der Waals surface area contributed by atoms with Gasteiger partial charge in [-0.05, 0) is 44.2 Å². The fourth-order valence-corrected chi connectivity index (χ4v) is 2.82. The first-order valence-corrected chi connectivity index (χ1v) is 7.78. The fourth-order valence-electron chi connectivity index (χ4n) is 2.82. The molecule has 0 bridgehead atoms. The van der Waals surface area contributed by atoms with Crippen LogP contribution in [0.5, 0.6) is 0 Å². The van der Waals surface area contributed by atoms with E-state index < -0.39 is 0 Å². The van der Waals surface area contributed by atoms with Gasteiger partial charge in [-0.2, -0.15) is 0 Å². The van der Waals surface area contributed by atoms with Crippen molar-refractivity contribution in [2.24, 2.45) is 10.7 Å². The summed E-state index contributed by atoms with van der Waals surface area (Å²) in [5.74, 6) is 0.733. The summed E-state index contributed by atoms with van der Waals surface area (Å²) in [4.78, 5) is 6.81. The maximum absolute atomic E-state index is 6.12. The van der Waals surface area contributed by atoms with E-state index in [-0.39, 0.29) is 0 Å². The van der Waals surface area contributed by atoms with Crippen LogP contribution >= 0.6 is 0 Å². The van der Waals surface area contributed by atoms with E-state index in [1.54, 1.807) is 0 Å². The van der Waals surface area contributed by atoms with Gasteiger partial charge in [0.05, 0.1) is 0 Å². The van der Waals surface area contributed by atoms with Gasteiger partial charge in [0, 0.05) is 19.6 Å². The first-order chi connectivity index (χ1) is 9.66. The molecule has 0 aromatic heterocycles. The second-order valence-corrected chi connectivity index (χ2v) is 5.82. The number of hydrogen-bond acceptors (Lipinski definition) is 1. The average Bonchev–Trinajstić information content (AvgIpc) is 2.70. The highest BCUT2D eigenvalue weighted by Gasteiger charge is 2.10. The van der Waals surface area contributed by atoms with Crippen LogP contribution in [-0.4, -0.2) is 30.5 Å². The Morgan fingerprint density at radius 1 is 1.15 bits per heavy atom. The molecule has 0 radical (unpaired) electrons. The lowest BCUT2D eigenvalue weighted by Crippen LogP contribution is -2.38. The molecule has 2 rings (SSSR count). The molecule has 0 spiro atoms. The Kier molecular flexibility index (Phi) is 5.45. The molecule has 3 heteroatoms. The number of guanidine groups is 1. The summed E-state index contributed by atoms with van der Waals surface area (Å²) in [6, 6.07) is 6.61. The second kappa shape index (κ2) is 7.32. The van der Waals surface area contributed by atoms with Crippen LogP contribution in [0.2, 0.25) is 0 Å². The molecule has 1 aromatic rings. The average molecular weight is 273 g/mol. The molecule has 0 aliphatic carbocycles. The summed E-state index contributed by atoms with van der Waals surface area (Å²) in [7, 11) is 0. The van der Waals surface area contributed by atoms with Gasteiger partial charge in [-0.1, -0.05) is 36.6 Å². The second-order valence-electron chi connectivity index (χ2n) is 5.82. The standard InChI is InChI=1S/C17H27N3/c1-14-7-8-16(15(2)13-14)9-10-19-17(18)20-11-5-3-4-6-12-20/h7-8,13H,3-6,9-12H2,1-2H3,(H2,18,19). The van der Waals surface area contributed by atoms with Crippen LogP contribution < -0.4 is 5.73 Å². The SMILES string of the molecule is Cc1ccc(CCN=C(N)N2CCCCCC2)c(C)c1. The van der Waals surface area contributed by atoms with Crippen molar-refractivity contribution < 1.29 is 0 Å². The Balaban J connectivity index is 1.88. The third-order valence-electron chi connectivity index (χ3n) is 4.08. The number of nitrogens with zero attached hydrogens (tertiary/aromatic N) is 2. The third-order valence-corrected chi connectivity index (χ3v) is 4.08. The number of aryl methyl sites for hydroxylation is 2. The van der Waals surface area contributed by atoms with E-state index in [9.17, 15) is 0 Å². The molecule has 1 aromatic carbocycles. The van der Waals surface area contributed by atoms with Gasteiger partial charge in [-0.15, -0.1) is 0 Å². The van der Waals surface area contributed by atoms with E-state index in [0.717, 1.165) is 32.0 Å². The molecule has 1 aliphatic heterocycles. The zero-order valence-corrected chi connectivity index (χ0v) is 12.9. The summed E-state index contributed by atoms with van der Waals surface area (Å²) < 4.78 is 0. The van der Waals surface area contributed by atoms with E-state index in [2.05, 4.69) is 41.9 Å². The van der Waals surface area contributed by atoms with Crippen molar-refractivity contribution in [3.05, 3.63) is 34.9 Å². The van der Waals surface area contributed by atoms with Gasteiger partial charge in [0.25, 0.3) is 0 Å². The number of hydrogen-bond donors (Lipinski definition) is 1. The number of benzene rings is 1. The smallest absolute Gasteiger partial charge is 0.191 e. The van der Waals surface area contributed by atoms with Crippen molar-refractivity contribution in [3.8, 4) is 0 Å². The van der Waals surface area contributed by atoms with Crippen LogP contribution in [0.4, 0.5) is 0 Å². The lowest BCUT2D eigenvalue weighted by atomic mass is 10.0. The van der Waals surface area contributed by atoms with Crippen LogP contribution in [0.1, 0.15) is 42.4 Å². The minimum Gasteiger partial charge on any atom is -0.370 e. The summed E-state index contributed by atoms with van der Waals surface area (Å²) in [6.45, 7) is 7.22. The van der Waals surface area contributed by atoms with Crippen molar-refractivity contribution >= 4 is 5.96 Å². The quantitative estimate of drug-likeness (QED) is 0.679. The zero-order valence-electron chi connectivity index (χ0n) is 12.9. The van der Waals surface area contributed by atoms with E-state index in [1.807, 2.05) is 0 Å². The predicted molar refractivity (Wildman–Crippen MR) is 86.2 cm³/mol. The fraction of sp³-hybridized carbons (Fsp3) is 0.588. The minimum absolute atomic E-state index is 0.733. The Morgan fingerprint density at radius 3 is 2.50 bits per heavy atom. The predicted octanol–water partition coefficient (Wildman–Crippen LogP) is 3.04. The molecule has 0 amide bonds. The highest BCUT2D eigenvalue weighted by Crippen LogP contribution is 2.12. The van der Waals surface area contributed by atoms with Gasteiger partial charge in [0.2, 0.25) is 0 Å². The molecule has 0 saturated carbocycles. The molecule has 2 N–H and O–H groups in total. The summed E-state index contributed by atoms with van der Waals surface area (Å²) in [6.07, 6.45) is 6.11. The summed E-state index contributed by atoms with van der Waals surface area (Å²) in [5, 5.41) is 0. The summed E-state index contributed by atoms with van der Waals surface area (Å²) >= 11 is 0.